The van der Waals surface area contributed by atoms with E-state index >= 15 is 0 Å². The molecule has 0 aromatic carbocycles. The van der Waals surface area contributed by atoms with E-state index in [0.29, 0.717) is 6.54 Å². The van der Waals surface area contributed by atoms with Crippen molar-refractivity contribution < 1.29 is 14.3 Å². The Bertz CT molecular complexity index is 189. The largest absolute Gasteiger partial charge is 0.469 e. The van der Waals surface area contributed by atoms with Gasteiger partial charge < -0.3 is 9.64 Å². The molecular weight excluding hydrogens is 170 g/mol. The molecule has 0 spiro atoms. The lowest BCUT2D eigenvalue weighted by Gasteiger charge is -2.18. The van der Waals surface area contributed by atoms with E-state index in [4.69, 9.17) is 0 Å². The fourth-order valence-electron chi connectivity index (χ4n) is 0.912. The highest BCUT2D eigenvalue weighted by atomic mass is 16.5. The molecule has 0 N–H and O–H groups in total. The number of carbonyl (C=O) groups excluding carboxylic acids is 2. The van der Waals surface area contributed by atoms with Gasteiger partial charge in [0.25, 0.3) is 0 Å². The van der Waals surface area contributed by atoms with Crippen LogP contribution in [0.4, 0.5) is 0 Å². The van der Waals surface area contributed by atoms with Gasteiger partial charge >= 0.3 is 5.97 Å². The molecule has 1 amide bonds. The molecule has 0 aliphatic heterocycles. The molecule has 0 rings (SSSR count). The Balaban J connectivity index is 3.81. The third-order valence-corrected chi connectivity index (χ3v) is 1.75. The predicted octanol–water partition coefficient (Wildman–Crippen LogP) is 0.664. The zero-order valence-electron chi connectivity index (χ0n) is 8.66. The molecular formula is C9H17NO3. The summed E-state index contributed by atoms with van der Waals surface area (Å²) in [5, 5.41) is 0. The van der Waals surface area contributed by atoms with Crippen LogP contribution in [0.25, 0.3) is 0 Å². The molecule has 0 bridgehead atoms. The number of esters is 1. The van der Waals surface area contributed by atoms with Crippen molar-refractivity contribution in [3.63, 3.8) is 0 Å². The predicted molar refractivity (Wildman–Crippen MR) is 49.1 cm³/mol. The molecule has 0 aromatic heterocycles. The van der Waals surface area contributed by atoms with Gasteiger partial charge in [0, 0.05) is 19.5 Å². The number of amides is 1. The average molecular weight is 187 g/mol. The van der Waals surface area contributed by atoms with Crippen molar-refractivity contribution in [3.05, 3.63) is 0 Å². The second kappa shape index (κ2) is 5.56. The fourth-order valence-corrected chi connectivity index (χ4v) is 0.912. The van der Waals surface area contributed by atoms with Crippen molar-refractivity contribution in [1.29, 1.82) is 0 Å². The lowest BCUT2D eigenvalue weighted by Crippen LogP contribution is -2.32. The van der Waals surface area contributed by atoms with Crippen LogP contribution in [-0.4, -0.2) is 37.5 Å². The van der Waals surface area contributed by atoms with Crippen LogP contribution in [0, 0.1) is 5.92 Å². The van der Waals surface area contributed by atoms with Gasteiger partial charge in [-0.15, -0.1) is 0 Å². The maximum absolute atomic E-state index is 11.3. The van der Waals surface area contributed by atoms with Crippen molar-refractivity contribution in [2.75, 3.05) is 20.7 Å². The zero-order chi connectivity index (χ0) is 10.4. The quantitative estimate of drug-likeness (QED) is 0.607. The van der Waals surface area contributed by atoms with Crippen LogP contribution in [0.1, 0.15) is 20.3 Å². The second-order valence-electron chi connectivity index (χ2n) is 3.24. The summed E-state index contributed by atoms with van der Waals surface area (Å²) < 4.78 is 4.46. The van der Waals surface area contributed by atoms with Crippen LogP contribution in [-0.2, 0) is 14.3 Å². The molecule has 0 heterocycles. The van der Waals surface area contributed by atoms with Crippen LogP contribution >= 0.6 is 0 Å². The van der Waals surface area contributed by atoms with Gasteiger partial charge in [-0.25, -0.2) is 0 Å². The zero-order valence-corrected chi connectivity index (χ0v) is 8.66. The van der Waals surface area contributed by atoms with Crippen LogP contribution in [0.5, 0.6) is 0 Å². The van der Waals surface area contributed by atoms with E-state index in [1.54, 1.807) is 11.9 Å². The average Bonchev–Trinajstić information content (AvgIpc) is 2.11. The summed E-state index contributed by atoms with van der Waals surface area (Å²) in [7, 11) is 3.03. The van der Waals surface area contributed by atoms with E-state index in [9.17, 15) is 9.59 Å². The van der Waals surface area contributed by atoms with Gasteiger partial charge in [0.2, 0.25) is 5.91 Å². The van der Waals surface area contributed by atoms with E-state index in [2.05, 4.69) is 4.74 Å². The molecule has 0 unspecified atom stereocenters. The first kappa shape index (κ1) is 11.9. The van der Waals surface area contributed by atoms with Gasteiger partial charge in [0.15, 0.2) is 0 Å². The fraction of sp³-hybridized carbons (Fsp3) is 0.778. The molecule has 0 saturated carbocycles. The topological polar surface area (TPSA) is 46.6 Å². The first-order valence-electron chi connectivity index (χ1n) is 4.30. The van der Waals surface area contributed by atoms with E-state index < -0.39 is 0 Å². The third-order valence-electron chi connectivity index (χ3n) is 1.75. The number of rotatable bonds is 4. The molecule has 0 saturated heterocycles. The highest BCUT2D eigenvalue weighted by molar-refractivity contribution is 5.78. The molecule has 4 nitrogen and oxygen atoms in total. The van der Waals surface area contributed by atoms with Gasteiger partial charge in [0.1, 0.15) is 0 Å². The Morgan fingerprint density at radius 3 is 2.31 bits per heavy atom. The summed E-state index contributed by atoms with van der Waals surface area (Å²) in [6.45, 7) is 4.08. The lowest BCUT2D eigenvalue weighted by atomic mass is 10.2. The molecule has 0 atom stereocenters. The van der Waals surface area contributed by atoms with Crippen LogP contribution < -0.4 is 0 Å². The van der Waals surface area contributed by atoms with Gasteiger partial charge in [-0.1, -0.05) is 13.8 Å². The van der Waals surface area contributed by atoms with E-state index in [0.717, 1.165) is 0 Å². The van der Waals surface area contributed by atoms with Crippen molar-refractivity contribution >= 4 is 11.9 Å². The first-order chi connectivity index (χ1) is 5.99. The number of ether oxygens (including phenoxy) is 1. The molecule has 76 valence electrons. The summed E-state index contributed by atoms with van der Waals surface area (Å²) in [5.41, 5.74) is 0. The lowest BCUT2D eigenvalue weighted by molar-refractivity contribution is -0.141. The van der Waals surface area contributed by atoms with Crippen LogP contribution in [0.15, 0.2) is 0 Å². The Hall–Kier alpha value is -1.06. The van der Waals surface area contributed by atoms with Crippen molar-refractivity contribution in [2.24, 2.45) is 5.92 Å². The molecule has 13 heavy (non-hydrogen) atoms. The Morgan fingerprint density at radius 2 is 1.92 bits per heavy atom. The van der Waals surface area contributed by atoms with Gasteiger partial charge in [-0.05, 0) is 0 Å². The highest BCUT2D eigenvalue weighted by Gasteiger charge is 2.13. The number of hydrogen-bond donors (Lipinski definition) is 0. The molecule has 0 fully saturated rings. The maximum atomic E-state index is 11.3. The van der Waals surface area contributed by atoms with E-state index in [1.807, 2.05) is 13.8 Å². The molecule has 0 aliphatic carbocycles. The summed E-state index contributed by atoms with van der Waals surface area (Å²) in [4.78, 5) is 23.6. The number of hydrogen-bond acceptors (Lipinski definition) is 3. The minimum atomic E-state index is -0.289. The number of carbonyl (C=O) groups is 2. The number of methoxy groups -OCH3 is 1. The molecule has 4 heteroatoms. The summed E-state index contributed by atoms with van der Waals surface area (Å²) in [5.74, 6) is -0.269. The number of nitrogens with zero attached hydrogens (tertiary/aromatic N) is 1. The van der Waals surface area contributed by atoms with Crippen LogP contribution in [0.2, 0.25) is 0 Å². The van der Waals surface area contributed by atoms with Gasteiger partial charge in [0.05, 0.1) is 13.5 Å². The molecule has 0 aliphatic rings. The van der Waals surface area contributed by atoms with Crippen molar-refractivity contribution in [1.82, 2.24) is 4.90 Å². The smallest absolute Gasteiger partial charge is 0.307 e. The summed E-state index contributed by atoms with van der Waals surface area (Å²) in [6.07, 6.45) is 0.255. The Morgan fingerprint density at radius 1 is 1.38 bits per heavy atom. The Kier molecular flexibility index (Phi) is 5.11. The normalized spacial score (nSPS) is 9.92. The first-order valence-corrected chi connectivity index (χ1v) is 4.30. The minimum absolute atomic E-state index is 0.0253. The standard InChI is InChI=1S/C9H17NO3/c1-7(2)9(12)10(3)6-5-8(11)13-4/h7H,5-6H2,1-4H3. The third kappa shape index (κ3) is 4.50. The van der Waals surface area contributed by atoms with Gasteiger partial charge in [-0.3, -0.25) is 9.59 Å². The maximum Gasteiger partial charge on any atom is 0.307 e. The highest BCUT2D eigenvalue weighted by Crippen LogP contribution is 1.99. The Labute approximate surface area is 78.9 Å². The van der Waals surface area contributed by atoms with Crippen LogP contribution in [0.3, 0.4) is 0 Å². The second-order valence-corrected chi connectivity index (χ2v) is 3.24. The summed E-state index contributed by atoms with van der Waals surface area (Å²) in [6, 6.07) is 0. The van der Waals surface area contributed by atoms with Crippen molar-refractivity contribution in [2.45, 2.75) is 20.3 Å². The molecule has 0 aromatic rings. The van der Waals surface area contributed by atoms with Gasteiger partial charge in [-0.2, -0.15) is 0 Å². The molecule has 0 radical (unpaired) electrons. The van der Waals surface area contributed by atoms with E-state index in [-0.39, 0.29) is 24.2 Å². The monoisotopic (exact) mass is 187 g/mol. The SMILES string of the molecule is COC(=O)CCN(C)C(=O)C(C)C. The minimum Gasteiger partial charge on any atom is -0.469 e. The summed E-state index contributed by atoms with van der Waals surface area (Å²) >= 11 is 0. The van der Waals surface area contributed by atoms with E-state index in [1.165, 1.54) is 7.11 Å². The van der Waals surface area contributed by atoms with Crippen molar-refractivity contribution in [3.8, 4) is 0 Å².